The second-order valence-corrected chi connectivity index (χ2v) is 6.41. The minimum absolute atomic E-state index is 0.127. The summed E-state index contributed by atoms with van der Waals surface area (Å²) < 4.78 is 13.3. The van der Waals surface area contributed by atoms with Crippen LogP contribution < -0.4 is 5.32 Å². The Morgan fingerprint density at radius 1 is 1.27 bits per heavy atom. The van der Waals surface area contributed by atoms with Crippen LogP contribution in [0.25, 0.3) is 0 Å². The standard InChI is InChI=1S/C16H16FNO3S/c1-9-7-11(4-6-13(9)17)15(16(20)21)18-14(19)8-12-5-3-10(2)22-12/h3-7,15H,8H2,1-2H3,(H,18,19)(H,20,21). The molecule has 0 radical (unpaired) electrons. The number of amides is 1. The van der Waals surface area contributed by atoms with Crippen LogP contribution in [0.2, 0.25) is 0 Å². The fourth-order valence-corrected chi connectivity index (χ4v) is 2.97. The molecule has 0 aliphatic carbocycles. The maximum Gasteiger partial charge on any atom is 0.330 e. The molecular formula is C16H16FNO3S. The number of aryl methyl sites for hydroxylation is 2. The van der Waals surface area contributed by atoms with Crippen molar-refractivity contribution in [3.63, 3.8) is 0 Å². The van der Waals surface area contributed by atoms with Gasteiger partial charge in [-0.15, -0.1) is 11.3 Å². The first kappa shape index (κ1) is 16.2. The van der Waals surface area contributed by atoms with E-state index in [1.165, 1.54) is 29.5 Å². The number of carboxylic acid groups (broad SMARTS) is 1. The van der Waals surface area contributed by atoms with Crippen molar-refractivity contribution in [3.8, 4) is 0 Å². The van der Waals surface area contributed by atoms with E-state index in [0.29, 0.717) is 11.1 Å². The van der Waals surface area contributed by atoms with Crippen molar-refractivity contribution in [1.29, 1.82) is 0 Å². The Hall–Kier alpha value is -2.21. The number of hydrogen-bond acceptors (Lipinski definition) is 3. The number of benzene rings is 1. The van der Waals surface area contributed by atoms with Gasteiger partial charge in [0.2, 0.25) is 5.91 Å². The monoisotopic (exact) mass is 321 g/mol. The molecule has 1 atom stereocenters. The average Bonchev–Trinajstić information content (AvgIpc) is 2.84. The molecule has 2 rings (SSSR count). The molecule has 2 N–H and O–H groups in total. The lowest BCUT2D eigenvalue weighted by Crippen LogP contribution is -2.34. The number of hydrogen-bond donors (Lipinski definition) is 2. The number of carboxylic acids is 1. The van der Waals surface area contributed by atoms with Gasteiger partial charge in [0.25, 0.3) is 0 Å². The van der Waals surface area contributed by atoms with E-state index in [0.717, 1.165) is 9.75 Å². The number of aliphatic carboxylic acids is 1. The molecule has 116 valence electrons. The number of nitrogens with one attached hydrogen (secondary N) is 1. The van der Waals surface area contributed by atoms with E-state index in [1.807, 2.05) is 19.1 Å². The minimum atomic E-state index is -1.19. The normalized spacial score (nSPS) is 12.0. The predicted molar refractivity (Wildman–Crippen MR) is 82.4 cm³/mol. The van der Waals surface area contributed by atoms with Gasteiger partial charge in [-0.25, -0.2) is 9.18 Å². The van der Waals surface area contributed by atoms with Crippen LogP contribution in [-0.2, 0) is 16.0 Å². The van der Waals surface area contributed by atoms with Gasteiger partial charge < -0.3 is 10.4 Å². The molecule has 2 aromatic rings. The number of thiophene rings is 1. The van der Waals surface area contributed by atoms with Gasteiger partial charge >= 0.3 is 5.97 Å². The quantitative estimate of drug-likeness (QED) is 0.889. The van der Waals surface area contributed by atoms with Crippen molar-refractivity contribution in [2.24, 2.45) is 0 Å². The predicted octanol–water partition coefficient (Wildman–Crippen LogP) is 2.99. The Balaban J connectivity index is 2.13. The molecule has 22 heavy (non-hydrogen) atoms. The van der Waals surface area contributed by atoms with Crippen molar-refractivity contribution in [3.05, 3.63) is 57.0 Å². The maximum absolute atomic E-state index is 13.3. The molecule has 0 saturated carbocycles. The summed E-state index contributed by atoms with van der Waals surface area (Å²) in [6, 6.07) is 6.58. The third-order valence-electron chi connectivity index (χ3n) is 3.20. The lowest BCUT2D eigenvalue weighted by atomic mass is 10.0. The molecule has 0 bridgehead atoms. The summed E-state index contributed by atoms with van der Waals surface area (Å²) in [7, 11) is 0. The van der Waals surface area contributed by atoms with E-state index >= 15 is 0 Å². The van der Waals surface area contributed by atoms with Gasteiger partial charge in [0.05, 0.1) is 6.42 Å². The molecule has 0 aliphatic rings. The van der Waals surface area contributed by atoms with Gasteiger partial charge in [-0.1, -0.05) is 12.1 Å². The van der Waals surface area contributed by atoms with Crippen LogP contribution in [-0.4, -0.2) is 17.0 Å². The average molecular weight is 321 g/mol. The summed E-state index contributed by atoms with van der Waals surface area (Å²) >= 11 is 1.49. The molecule has 0 saturated heterocycles. The summed E-state index contributed by atoms with van der Waals surface area (Å²) in [4.78, 5) is 25.4. The van der Waals surface area contributed by atoms with Gasteiger partial charge in [-0.05, 0) is 43.2 Å². The Kier molecular flexibility index (Phi) is 4.92. The highest BCUT2D eigenvalue weighted by Gasteiger charge is 2.23. The van der Waals surface area contributed by atoms with Gasteiger partial charge in [0.15, 0.2) is 6.04 Å². The topological polar surface area (TPSA) is 66.4 Å². The SMILES string of the molecule is Cc1ccc(CC(=O)NC(C(=O)O)c2ccc(F)c(C)c2)s1. The molecule has 1 amide bonds. The third kappa shape index (κ3) is 3.92. The Bertz CT molecular complexity index is 711. The Labute approximate surface area is 131 Å². The van der Waals surface area contributed by atoms with Crippen LogP contribution in [0, 0.1) is 19.7 Å². The molecule has 1 aromatic heterocycles. The van der Waals surface area contributed by atoms with Crippen LogP contribution in [0.3, 0.4) is 0 Å². The van der Waals surface area contributed by atoms with Crippen LogP contribution in [0.15, 0.2) is 30.3 Å². The third-order valence-corrected chi connectivity index (χ3v) is 4.20. The summed E-state index contributed by atoms with van der Waals surface area (Å²) in [5, 5.41) is 11.8. The zero-order valence-corrected chi connectivity index (χ0v) is 13.0. The molecule has 6 heteroatoms. The Morgan fingerprint density at radius 3 is 2.55 bits per heavy atom. The molecule has 0 fully saturated rings. The van der Waals surface area contributed by atoms with E-state index in [4.69, 9.17) is 0 Å². The lowest BCUT2D eigenvalue weighted by molar-refractivity contribution is -0.141. The summed E-state index contributed by atoms with van der Waals surface area (Å²) in [6.07, 6.45) is 0.127. The molecule has 0 spiro atoms. The zero-order valence-electron chi connectivity index (χ0n) is 12.2. The largest absolute Gasteiger partial charge is 0.479 e. The van der Waals surface area contributed by atoms with Crippen molar-refractivity contribution < 1.29 is 19.1 Å². The summed E-state index contributed by atoms with van der Waals surface area (Å²) in [6.45, 7) is 3.49. The second kappa shape index (κ2) is 6.70. The summed E-state index contributed by atoms with van der Waals surface area (Å²) in [5.74, 6) is -1.97. The van der Waals surface area contributed by atoms with Crippen molar-refractivity contribution >= 4 is 23.2 Å². The summed E-state index contributed by atoms with van der Waals surface area (Å²) in [5.41, 5.74) is 0.689. The number of carbonyl (C=O) groups is 2. The maximum atomic E-state index is 13.3. The van der Waals surface area contributed by atoms with Crippen LogP contribution >= 0.6 is 11.3 Å². The highest BCUT2D eigenvalue weighted by Crippen LogP contribution is 2.19. The number of halogens is 1. The molecule has 1 unspecified atom stereocenters. The van der Waals surface area contributed by atoms with E-state index in [-0.39, 0.29) is 12.3 Å². The van der Waals surface area contributed by atoms with E-state index in [9.17, 15) is 19.1 Å². The fraction of sp³-hybridized carbons (Fsp3) is 0.250. The van der Waals surface area contributed by atoms with E-state index in [2.05, 4.69) is 5.32 Å². The highest BCUT2D eigenvalue weighted by atomic mass is 32.1. The van der Waals surface area contributed by atoms with Gasteiger partial charge in [0.1, 0.15) is 5.82 Å². The fourth-order valence-electron chi connectivity index (χ4n) is 2.09. The first-order valence-corrected chi connectivity index (χ1v) is 7.52. The van der Waals surface area contributed by atoms with Crippen molar-refractivity contribution in [1.82, 2.24) is 5.32 Å². The molecule has 4 nitrogen and oxygen atoms in total. The Morgan fingerprint density at radius 2 is 2.00 bits per heavy atom. The first-order valence-electron chi connectivity index (χ1n) is 6.70. The van der Waals surface area contributed by atoms with Gasteiger partial charge in [0, 0.05) is 9.75 Å². The second-order valence-electron chi connectivity index (χ2n) is 5.04. The molecule has 1 aromatic carbocycles. The van der Waals surface area contributed by atoms with Crippen LogP contribution in [0.4, 0.5) is 4.39 Å². The van der Waals surface area contributed by atoms with Crippen molar-refractivity contribution in [2.75, 3.05) is 0 Å². The van der Waals surface area contributed by atoms with Gasteiger partial charge in [-0.3, -0.25) is 4.79 Å². The minimum Gasteiger partial charge on any atom is -0.479 e. The van der Waals surface area contributed by atoms with Gasteiger partial charge in [-0.2, -0.15) is 0 Å². The first-order chi connectivity index (χ1) is 10.4. The van der Waals surface area contributed by atoms with E-state index in [1.54, 1.807) is 6.92 Å². The van der Waals surface area contributed by atoms with Crippen LogP contribution in [0.5, 0.6) is 0 Å². The lowest BCUT2D eigenvalue weighted by Gasteiger charge is -2.15. The smallest absolute Gasteiger partial charge is 0.330 e. The molecule has 1 heterocycles. The van der Waals surface area contributed by atoms with Crippen molar-refractivity contribution in [2.45, 2.75) is 26.3 Å². The number of carbonyl (C=O) groups excluding carboxylic acids is 1. The zero-order chi connectivity index (χ0) is 16.3. The molecular weight excluding hydrogens is 305 g/mol. The molecule has 0 aliphatic heterocycles. The highest BCUT2D eigenvalue weighted by molar-refractivity contribution is 7.12. The van der Waals surface area contributed by atoms with Crippen LogP contribution in [0.1, 0.15) is 26.9 Å². The number of rotatable bonds is 5. The van der Waals surface area contributed by atoms with E-state index < -0.39 is 17.8 Å².